The summed E-state index contributed by atoms with van der Waals surface area (Å²) < 4.78 is 0. The van der Waals surface area contributed by atoms with Crippen LogP contribution in [0.1, 0.15) is 61.8 Å². The number of aryl methyl sites for hydroxylation is 1. The molecule has 0 saturated heterocycles. The molecule has 0 spiro atoms. The molecule has 5 nitrogen and oxygen atoms in total. The Morgan fingerprint density at radius 2 is 1.88 bits per heavy atom. The second-order valence-electron chi connectivity index (χ2n) is 7.75. The first-order valence-corrected chi connectivity index (χ1v) is 9.36. The van der Waals surface area contributed by atoms with Gasteiger partial charge >= 0.3 is 5.97 Å². The monoisotopic (exact) mass is 369 g/mol. The number of hydrogen-bond donors (Lipinski definition) is 1. The van der Waals surface area contributed by atoms with Crippen molar-refractivity contribution in [2.24, 2.45) is 5.41 Å². The van der Waals surface area contributed by atoms with Crippen LogP contribution in [-0.4, -0.2) is 34.8 Å². The Balaban J connectivity index is 1.98. The molecule has 1 aromatic heterocycles. The number of benzene rings is 1. The maximum atomic E-state index is 12.6. The topological polar surface area (TPSA) is 74.7 Å². The first kappa shape index (κ1) is 17.0. The van der Waals surface area contributed by atoms with Crippen molar-refractivity contribution in [3.63, 3.8) is 0 Å². The number of carboxylic acid groups (broad SMARTS) is 1. The summed E-state index contributed by atoms with van der Waals surface area (Å²) in [5, 5.41) is 9.90. The van der Waals surface area contributed by atoms with Crippen LogP contribution in [0.3, 0.4) is 0 Å². The summed E-state index contributed by atoms with van der Waals surface area (Å²) in [6.07, 6.45) is 2.56. The van der Waals surface area contributed by atoms with Gasteiger partial charge in [-0.3, -0.25) is 14.5 Å². The third kappa shape index (κ3) is 2.32. The minimum absolute atomic E-state index is 0.0557. The molecule has 0 fully saturated rings. The van der Waals surface area contributed by atoms with Gasteiger partial charge in [-0.05, 0) is 36.3 Å². The highest BCUT2D eigenvalue weighted by Crippen LogP contribution is 2.46. The minimum atomic E-state index is -0.974. The van der Waals surface area contributed by atoms with E-state index in [0.717, 1.165) is 28.2 Å². The van der Waals surface area contributed by atoms with Gasteiger partial charge in [0, 0.05) is 17.5 Å². The van der Waals surface area contributed by atoms with E-state index in [1.165, 1.54) is 18.4 Å². The average Bonchev–Trinajstić information content (AvgIpc) is 3.05. The fraction of sp³-hybridized carbons (Fsp3) is 0.350. The zero-order chi connectivity index (χ0) is 18.8. The smallest absolute Gasteiger partial charge is 0.337 e. The molecule has 2 aliphatic rings. The molecule has 2 amide bonds. The standard InChI is InChI=1S/C20H19NO4S/c1-20(2)8-7-13-12(9-20)15(19(24)25)16(26-13)10-5-4-6-11-14(10)18(23)21(3)17(11)22/h4-6H,7-9H2,1-3H3,(H,24,25). The van der Waals surface area contributed by atoms with Gasteiger partial charge in [0.25, 0.3) is 11.8 Å². The number of aromatic carboxylic acids is 1. The molecule has 2 heterocycles. The Kier molecular flexibility index (Phi) is 3.60. The first-order chi connectivity index (χ1) is 12.2. The van der Waals surface area contributed by atoms with Crippen molar-refractivity contribution < 1.29 is 19.5 Å². The lowest BCUT2D eigenvalue weighted by Crippen LogP contribution is -2.24. The molecule has 4 rings (SSSR count). The fourth-order valence-electron chi connectivity index (χ4n) is 3.93. The molecule has 2 aromatic rings. The Labute approximate surface area is 155 Å². The molecule has 0 radical (unpaired) electrons. The normalized spacial score (nSPS) is 18.0. The van der Waals surface area contributed by atoms with Gasteiger partial charge in [-0.1, -0.05) is 26.0 Å². The van der Waals surface area contributed by atoms with Gasteiger partial charge in [-0.2, -0.15) is 0 Å². The van der Waals surface area contributed by atoms with Gasteiger partial charge < -0.3 is 5.11 Å². The maximum Gasteiger partial charge on any atom is 0.337 e. The Morgan fingerprint density at radius 3 is 2.58 bits per heavy atom. The van der Waals surface area contributed by atoms with Crippen LogP contribution in [0.2, 0.25) is 0 Å². The lowest BCUT2D eigenvalue weighted by molar-refractivity contribution is 0.0680. The van der Waals surface area contributed by atoms with E-state index in [1.807, 2.05) is 0 Å². The van der Waals surface area contributed by atoms with Crippen LogP contribution < -0.4 is 0 Å². The van der Waals surface area contributed by atoms with E-state index >= 15 is 0 Å². The summed E-state index contributed by atoms with van der Waals surface area (Å²) in [7, 11) is 1.45. The molecule has 1 aliphatic carbocycles. The second kappa shape index (κ2) is 5.51. The quantitative estimate of drug-likeness (QED) is 0.816. The number of carbonyl (C=O) groups excluding carboxylic acids is 2. The molecule has 0 atom stereocenters. The van der Waals surface area contributed by atoms with E-state index in [0.29, 0.717) is 33.6 Å². The van der Waals surface area contributed by atoms with Crippen LogP contribution in [0.25, 0.3) is 10.4 Å². The lowest BCUT2D eigenvalue weighted by atomic mass is 9.76. The molecular formula is C20H19NO4S. The molecule has 0 unspecified atom stereocenters. The van der Waals surface area contributed by atoms with E-state index in [1.54, 1.807) is 18.2 Å². The SMILES string of the molecule is CN1C(=O)c2cccc(-c3sc4c(c3C(=O)O)CC(C)(C)CC4)c2C1=O. The number of nitrogens with zero attached hydrogens (tertiary/aromatic N) is 1. The van der Waals surface area contributed by atoms with Crippen molar-refractivity contribution in [2.45, 2.75) is 33.1 Å². The number of fused-ring (bicyclic) bond motifs is 2. The highest BCUT2D eigenvalue weighted by atomic mass is 32.1. The van der Waals surface area contributed by atoms with Crippen LogP contribution >= 0.6 is 11.3 Å². The third-order valence-corrected chi connectivity index (χ3v) is 6.68. The van der Waals surface area contributed by atoms with E-state index in [2.05, 4.69) is 13.8 Å². The van der Waals surface area contributed by atoms with Crippen molar-refractivity contribution in [2.75, 3.05) is 7.05 Å². The van der Waals surface area contributed by atoms with Crippen LogP contribution in [0.15, 0.2) is 18.2 Å². The summed E-state index contributed by atoms with van der Waals surface area (Å²) >= 11 is 1.45. The zero-order valence-electron chi connectivity index (χ0n) is 14.9. The van der Waals surface area contributed by atoms with E-state index < -0.39 is 5.97 Å². The molecule has 0 saturated carbocycles. The van der Waals surface area contributed by atoms with Gasteiger partial charge in [-0.25, -0.2) is 4.79 Å². The van der Waals surface area contributed by atoms with Gasteiger partial charge in [0.1, 0.15) is 0 Å². The van der Waals surface area contributed by atoms with Crippen LogP contribution in [0, 0.1) is 5.41 Å². The largest absolute Gasteiger partial charge is 0.478 e. The molecule has 1 aliphatic heterocycles. The third-order valence-electron chi connectivity index (χ3n) is 5.35. The van der Waals surface area contributed by atoms with Crippen molar-refractivity contribution >= 4 is 29.1 Å². The summed E-state index contributed by atoms with van der Waals surface area (Å²) in [5.41, 5.74) is 2.45. The number of carbonyl (C=O) groups is 3. The Bertz CT molecular complexity index is 986. The maximum absolute atomic E-state index is 12.6. The number of amides is 2. The van der Waals surface area contributed by atoms with Crippen LogP contribution in [0.5, 0.6) is 0 Å². The lowest BCUT2D eigenvalue weighted by Gasteiger charge is -2.29. The molecule has 134 valence electrons. The Hall–Kier alpha value is -2.47. The molecule has 1 aromatic carbocycles. The minimum Gasteiger partial charge on any atom is -0.478 e. The fourth-order valence-corrected chi connectivity index (χ4v) is 5.27. The van der Waals surface area contributed by atoms with Gasteiger partial charge in [0.15, 0.2) is 0 Å². The predicted molar refractivity (Wildman–Crippen MR) is 98.9 cm³/mol. The molecule has 0 bridgehead atoms. The zero-order valence-corrected chi connectivity index (χ0v) is 15.7. The number of thiophene rings is 1. The Morgan fingerprint density at radius 1 is 1.19 bits per heavy atom. The van der Waals surface area contributed by atoms with Crippen molar-refractivity contribution in [3.05, 3.63) is 45.3 Å². The van der Waals surface area contributed by atoms with E-state index in [-0.39, 0.29) is 17.2 Å². The predicted octanol–water partition coefficient (Wildman–Crippen LogP) is 3.85. The first-order valence-electron chi connectivity index (χ1n) is 8.55. The number of imide groups is 1. The number of rotatable bonds is 2. The number of carboxylic acids is 1. The van der Waals surface area contributed by atoms with Gasteiger partial charge in [-0.15, -0.1) is 11.3 Å². The summed E-state index contributed by atoms with van der Waals surface area (Å²) in [6, 6.07) is 5.09. The van der Waals surface area contributed by atoms with E-state index in [4.69, 9.17) is 0 Å². The highest BCUT2D eigenvalue weighted by Gasteiger charge is 2.38. The van der Waals surface area contributed by atoms with Crippen LogP contribution in [-0.2, 0) is 12.8 Å². The molecule has 6 heteroatoms. The van der Waals surface area contributed by atoms with Gasteiger partial charge in [0.05, 0.1) is 21.6 Å². The van der Waals surface area contributed by atoms with Crippen molar-refractivity contribution in [3.8, 4) is 10.4 Å². The highest BCUT2D eigenvalue weighted by molar-refractivity contribution is 7.16. The summed E-state index contributed by atoms with van der Waals surface area (Å²) in [4.78, 5) is 39.7. The van der Waals surface area contributed by atoms with Gasteiger partial charge in [0.2, 0.25) is 0 Å². The average molecular weight is 369 g/mol. The summed E-state index contributed by atoms with van der Waals surface area (Å²) in [5.74, 6) is -1.69. The van der Waals surface area contributed by atoms with E-state index in [9.17, 15) is 19.5 Å². The number of hydrogen-bond acceptors (Lipinski definition) is 4. The van der Waals surface area contributed by atoms with Crippen molar-refractivity contribution in [1.82, 2.24) is 4.90 Å². The second-order valence-corrected chi connectivity index (χ2v) is 8.86. The summed E-state index contributed by atoms with van der Waals surface area (Å²) in [6.45, 7) is 4.30. The van der Waals surface area contributed by atoms with Crippen molar-refractivity contribution in [1.29, 1.82) is 0 Å². The molecule has 1 N–H and O–H groups in total. The molecular weight excluding hydrogens is 350 g/mol. The van der Waals surface area contributed by atoms with Crippen LogP contribution in [0.4, 0.5) is 0 Å². The molecule has 26 heavy (non-hydrogen) atoms.